The van der Waals surface area contributed by atoms with Gasteiger partial charge < -0.3 is 4.74 Å². The fourth-order valence-corrected chi connectivity index (χ4v) is 2.62. The predicted molar refractivity (Wildman–Crippen MR) is 102 cm³/mol. The highest BCUT2D eigenvalue weighted by Crippen LogP contribution is 2.23. The normalized spacial score (nSPS) is 15.5. The van der Waals surface area contributed by atoms with Crippen molar-refractivity contribution in [2.24, 2.45) is 0 Å². The van der Waals surface area contributed by atoms with Gasteiger partial charge >= 0.3 is 0 Å². The van der Waals surface area contributed by atoms with Crippen LogP contribution in [0.25, 0.3) is 6.08 Å². The van der Waals surface area contributed by atoms with Gasteiger partial charge in [-0.2, -0.15) is 0 Å². The van der Waals surface area contributed by atoms with Crippen LogP contribution in [0.15, 0.2) is 54.1 Å². The summed E-state index contributed by atoms with van der Waals surface area (Å²) in [7, 11) is 0. The van der Waals surface area contributed by atoms with Crippen molar-refractivity contribution < 1.29 is 14.3 Å². The van der Waals surface area contributed by atoms with E-state index < -0.39 is 11.8 Å². The third-order valence-electron chi connectivity index (χ3n) is 3.93. The van der Waals surface area contributed by atoms with Crippen LogP contribution in [-0.4, -0.2) is 18.4 Å². The average Bonchev–Trinajstić information content (AvgIpc) is 2.92. The molecule has 26 heavy (non-hydrogen) atoms. The van der Waals surface area contributed by atoms with E-state index in [9.17, 15) is 9.59 Å². The van der Waals surface area contributed by atoms with E-state index in [0.29, 0.717) is 17.3 Å². The first kappa shape index (κ1) is 18.0. The first-order valence-electron chi connectivity index (χ1n) is 8.44. The fourth-order valence-electron chi connectivity index (χ4n) is 2.49. The Balaban J connectivity index is 1.75. The molecule has 1 N–H and O–H groups in total. The number of unbranched alkanes of at least 4 members (excludes halogenated alkanes) is 1. The molecule has 1 fully saturated rings. The molecule has 1 aliphatic rings. The number of amides is 2. The van der Waals surface area contributed by atoms with Gasteiger partial charge in [0.25, 0.3) is 11.8 Å². The molecular formula is C20H19ClN2O3. The number of rotatable bonds is 6. The van der Waals surface area contributed by atoms with E-state index in [4.69, 9.17) is 16.3 Å². The third-order valence-corrected chi connectivity index (χ3v) is 4.19. The third kappa shape index (κ3) is 4.06. The van der Waals surface area contributed by atoms with Crippen molar-refractivity contribution in [3.8, 4) is 5.75 Å². The summed E-state index contributed by atoms with van der Waals surface area (Å²) >= 11 is 5.86. The summed E-state index contributed by atoms with van der Waals surface area (Å²) in [6, 6.07) is 14.0. The number of hydrogen-bond acceptors (Lipinski definition) is 3. The summed E-state index contributed by atoms with van der Waals surface area (Å²) in [6.07, 6.45) is 3.65. The Kier molecular flexibility index (Phi) is 5.58. The van der Waals surface area contributed by atoms with Crippen LogP contribution in [0, 0.1) is 0 Å². The SMILES string of the molecule is CCCCOc1ccc(/C=C2/C(=O)NN(c3ccc(Cl)cc3)C2=O)cc1. The van der Waals surface area contributed by atoms with Gasteiger partial charge in [0.05, 0.1) is 12.3 Å². The molecule has 0 aromatic heterocycles. The number of ether oxygens (including phenoxy) is 1. The Morgan fingerprint density at radius 3 is 2.42 bits per heavy atom. The Hall–Kier alpha value is -2.79. The molecule has 0 spiro atoms. The molecule has 0 radical (unpaired) electrons. The zero-order valence-electron chi connectivity index (χ0n) is 14.4. The maximum absolute atomic E-state index is 12.6. The van der Waals surface area contributed by atoms with Crippen molar-refractivity contribution in [2.75, 3.05) is 11.6 Å². The molecule has 1 heterocycles. The highest BCUT2D eigenvalue weighted by molar-refractivity contribution is 6.32. The lowest BCUT2D eigenvalue weighted by Gasteiger charge is -2.14. The van der Waals surface area contributed by atoms with E-state index in [1.807, 2.05) is 24.3 Å². The predicted octanol–water partition coefficient (Wildman–Crippen LogP) is 3.98. The van der Waals surface area contributed by atoms with Crippen LogP contribution in [0.1, 0.15) is 25.3 Å². The van der Waals surface area contributed by atoms with Gasteiger partial charge in [0.2, 0.25) is 0 Å². The lowest BCUT2D eigenvalue weighted by atomic mass is 10.1. The maximum Gasteiger partial charge on any atom is 0.282 e. The molecule has 0 unspecified atom stereocenters. The standard InChI is InChI=1S/C20H19ClN2O3/c1-2-3-12-26-17-10-4-14(5-11-17)13-18-19(24)22-23(20(18)25)16-8-6-15(21)7-9-16/h4-11,13H,2-3,12H2,1H3,(H,22,24)/b18-13-. The zero-order valence-corrected chi connectivity index (χ0v) is 15.1. The number of nitrogens with zero attached hydrogens (tertiary/aromatic N) is 1. The van der Waals surface area contributed by atoms with E-state index in [-0.39, 0.29) is 5.57 Å². The molecule has 0 aliphatic carbocycles. The molecule has 5 nitrogen and oxygen atoms in total. The minimum atomic E-state index is -0.437. The molecule has 6 heteroatoms. The quantitative estimate of drug-likeness (QED) is 0.475. The fraction of sp³-hybridized carbons (Fsp3) is 0.200. The number of anilines is 1. The molecule has 1 saturated heterocycles. The van der Waals surface area contributed by atoms with E-state index >= 15 is 0 Å². The lowest BCUT2D eigenvalue weighted by molar-refractivity contribution is -0.117. The van der Waals surface area contributed by atoms with Crippen LogP contribution in [0.5, 0.6) is 5.75 Å². The van der Waals surface area contributed by atoms with Crippen molar-refractivity contribution in [3.63, 3.8) is 0 Å². The number of nitrogens with one attached hydrogen (secondary N) is 1. The molecule has 0 saturated carbocycles. The van der Waals surface area contributed by atoms with Crippen molar-refractivity contribution in [3.05, 3.63) is 64.7 Å². The average molecular weight is 371 g/mol. The maximum atomic E-state index is 12.6. The highest BCUT2D eigenvalue weighted by Gasteiger charge is 2.34. The van der Waals surface area contributed by atoms with Crippen LogP contribution in [0.4, 0.5) is 5.69 Å². The molecule has 2 aromatic carbocycles. The zero-order chi connectivity index (χ0) is 18.5. The first-order chi connectivity index (χ1) is 12.6. The van der Waals surface area contributed by atoms with E-state index in [0.717, 1.165) is 24.2 Å². The van der Waals surface area contributed by atoms with Crippen LogP contribution in [-0.2, 0) is 9.59 Å². The minimum Gasteiger partial charge on any atom is -0.494 e. The molecule has 0 bridgehead atoms. The second-order valence-electron chi connectivity index (χ2n) is 5.89. The number of benzene rings is 2. The van der Waals surface area contributed by atoms with Crippen LogP contribution < -0.4 is 15.2 Å². The van der Waals surface area contributed by atoms with E-state index in [1.54, 1.807) is 30.3 Å². The molecular weight excluding hydrogens is 352 g/mol. The summed E-state index contributed by atoms with van der Waals surface area (Å²) in [5, 5.41) is 1.77. The Morgan fingerprint density at radius 1 is 1.08 bits per heavy atom. The smallest absolute Gasteiger partial charge is 0.282 e. The summed E-state index contributed by atoms with van der Waals surface area (Å²) in [6.45, 7) is 2.78. The number of carbonyl (C=O) groups excluding carboxylic acids is 2. The molecule has 2 aromatic rings. The van der Waals surface area contributed by atoms with Gasteiger partial charge in [0.1, 0.15) is 11.3 Å². The minimum absolute atomic E-state index is 0.0830. The Labute approximate surface area is 157 Å². The van der Waals surface area contributed by atoms with Crippen LogP contribution in [0.3, 0.4) is 0 Å². The van der Waals surface area contributed by atoms with Gasteiger partial charge in [-0.05, 0) is 54.5 Å². The summed E-state index contributed by atoms with van der Waals surface area (Å²) in [5.41, 5.74) is 3.95. The first-order valence-corrected chi connectivity index (χ1v) is 8.82. The lowest BCUT2D eigenvalue weighted by Crippen LogP contribution is -2.35. The molecule has 0 atom stereocenters. The second kappa shape index (κ2) is 8.06. The van der Waals surface area contributed by atoms with Crippen molar-refractivity contribution in [2.45, 2.75) is 19.8 Å². The second-order valence-corrected chi connectivity index (χ2v) is 6.32. The van der Waals surface area contributed by atoms with Gasteiger partial charge in [-0.15, -0.1) is 0 Å². The Morgan fingerprint density at radius 2 is 1.77 bits per heavy atom. The highest BCUT2D eigenvalue weighted by atomic mass is 35.5. The number of hydrogen-bond donors (Lipinski definition) is 1. The number of carbonyl (C=O) groups is 2. The van der Waals surface area contributed by atoms with Gasteiger partial charge in [0.15, 0.2) is 0 Å². The molecule has 3 rings (SSSR count). The van der Waals surface area contributed by atoms with Crippen molar-refractivity contribution in [1.82, 2.24) is 5.43 Å². The van der Waals surface area contributed by atoms with Gasteiger partial charge in [0, 0.05) is 5.02 Å². The monoisotopic (exact) mass is 370 g/mol. The van der Waals surface area contributed by atoms with Gasteiger partial charge in [-0.3, -0.25) is 15.0 Å². The Bertz CT molecular complexity index is 829. The molecule has 1 aliphatic heterocycles. The summed E-state index contributed by atoms with van der Waals surface area (Å²) in [5.74, 6) is -0.0700. The number of halogens is 1. The van der Waals surface area contributed by atoms with E-state index in [2.05, 4.69) is 12.3 Å². The largest absolute Gasteiger partial charge is 0.494 e. The van der Waals surface area contributed by atoms with Crippen LogP contribution >= 0.6 is 11.6 Å². The summed E-state index contributed by atoms with van der Waals surface area (Å²) in [4.78, 5) is 24.8. The molecule has 134 valence electrons. The van der Waals surface area contributed by atoms with Crippen LogP contribution in [0.2, 0.25) is 5.02 Å². The molecule has 2 amide bonds. The summed E-state index contributed by atoms with van der Waals surface area (Å²) < 4.78 is 5.61. The van der Waals surface area contributed by atoms with Crippen molar-refractivity contribution in [1.29, 1.82) is 0 Å². The van der Waals surface area contributed by atoms with Gasteiger partial charge in [-0.1, -0.05) is 37.1 Å². The van der Waals surface area contributed by atoms with E-state index in [1.165, 1.54) is 5.01 Å². The topological polar surface area (TPSA) is 58.6 Å². The number of hydrazine groups is 1. The van der Waals surface area contributed by atoms with Gasteiger partial charge in [-0.25, -0.2) is 5.01 Å². The van der Waals surface area contributed by atoms with Crippen molar-refractivity contribution >= 4 is 35.2 Å².